The highest BCUT2D eigenvalue weighted by molar-refractivity contribution is 14.0. The Hall–Kier alpha value is -1.78. The molecule has 3 heterocycles. The monoisotopic (exact) mass is 570 g/mol. The van der Waals surface area contributed by atoms with Crippen LogP contribution in [-0.4, -0.2) is 75.4 Å². The number of guanidine groups is 1. The Labute approximate surface area is 212 Å². The third-order valence-corrected chi connectivity index (χ3v) is 6.15. The van der Waals surface area contributed by atoms with E-state index in [0.717, 1.165) is 69.3 Å². The van der Waals surface area contributed by atoms with Gasteiger partial charge in [0.1, 0.15) is 5.82 Å². The molecule has 0 spiro atoms. The van der Waals surface area contributed by atoms with E-state index in [0.29, 0.717) is 6.54 Å². The minimum atomic E-state index is 0. The number of piperazine rings is 1. The maximum atomic E-state index is 6.22. The van der Waals surface area contributed by atoms with Crippen molar-refractivity contribution in [2.24, 2.45) is 4.99 Å². The van der Waals surface area contributed by atoms with E-state index in [1.165, 1.54) is 16.8 Å². The van der Waals surface area contributed by atoms with E-state index in [2.05, 4.69) is 55.1 Å². The molecule has 9 heteroatoms. The second-order valence-electron chi connectivity index (χ2n) is 7.89. The number of benzene rings is 1. The second-order valence-corrected chi connectivity index (χ2v) is 8.33. The normalized spacial score (nSPS) is 17.2. The van der Waals surface area contributed by atoms with Gasteiger partial charge in [-0.2, -0.15) is 0 Å². The third kappa shape index (κ3) is 5.96. The van der Waals surface area contributed by atoms with E-state index >= 15 is 0 Å². The summed E-state index contributed by atoms with van der Waals surface area (Å²) in [5, 5.41) is 4.33. The molecule has 2 fully saturated rings. The van der Waals surface area contributed by atoms with Crippen molar-refractivity contribution in [2.45, 2.75) is 13.5 Å². The Kier molecular flexibility index (Phi) is 9.24. The van der Waals surface area contributed by atoms with Crippen LogP contribution < -0.4 is 15.1 Å². The molecule has 0 bridgehead atoms. The molecule has 0 saturated carbocycles. The molecule has 174 valence electrons. The maximum Gasteiger partial charge on any atom is 0.194 e. The molecule has 1 aromatic heterocycles. The Morgan fingerprint density at radius 2 is 1.84 bits per heavy atom. The van der Waals surface area contributed by atoms with E-state index in [9.17, 15) is 0 Å². The molecule has 1 aromatic carbocycles. The van der Waals surface area contributed by atoms with E-state index in [4.69, 9.17) is 16.3 Å². The van der Waals surface area contributed by atoms with Gasteiger partial charge in [0.05, 0.1) is 13.2 Å². The highest BCUT2D eigenvalue weighted by Crippen LogP contribution is 2.25. The summed E-state index contributed by atoms with van der Waals surface area (Å²) >= 11 is 6.22. The summed E-state index contributed by atoms with van der Waals surface area (Å²) in [4.78, 5) is 16.2. The maximum absolute atomic E-state index is 6.22. The van der Waals surface area contributed by atoms with Crippen LogP contribution in [0.4, 0.5) is 11.5 Å². The molecule has 2 aromatic rings. The molecule has 4 rings (SSSR count). The number of aryl methyl sites for hydroxylation is 1. The number of halogens is 2. The molecule has 2 saturated heterocycles. The van der Waals surface area contributed by atoms with Crippen molar-refractivity contribution in [1.82, 2.24) is 15.2 Å². The number of pyridine rings is 1. The van der Waals surface area contributed by atoms with Crippen LogP contribution in [0.15, 0.2) is 41.5 Å². The average molecular weight is 571 g/mol. The topological polar surface area (TPSA) is 56.2 Å². The number of aromatic nitrogens is 1. The molecule has 7 nitrogen and oxygen atoms in total. The minimum Gasteiger partial charge on any atom is -0.378 e. The lowest BCUT2D eigenvalue weighted by Crippen LogP contribution is -2.52. The van der Waals surface area contributed by atoms with E-state index < -0.39 is 0 Å². The minimum absolute atomic E-state index is 0. The molecule has 0 radical (unpaired) electrons. The standard InChI is InChI=1S/C23H31ClN6O.HI/c1-18-5-6-20(24)16-21(18)28-8-10-30(11-9-28)23(25-2)27-17-19-4-3-7-26-22(19)29-12-14-31-15-13-29;/h3-7,16H,8-15,17H2,1-2H3,(H,25,27);1H. The van der Waals surface area contributed by atoms with E-state index in [-0.39, 0.29) is 24.0 Å². The number of hydrogen-bond donors (Lipinski definition) is 1. The molecule has 32 heavy (non-hydrogen) atoms. The Morgan fingerprint density at radius 1 is 1.09 bits per heavy atom. The van der Waals surface area contributed by atoms with Gasteiger partial charge < -0.3 is 24.8 Å². The number of ether oxygens (including phenoxy) is 1. The molecule has 0 aliphatic carbocycles. The van der Waals surface area contributed by atoms with Crippen molar-refractivity contribution >= 4 is 53.0 Å². The smallest absolute Gasteiger partial charge is 0.194 e. The highest BCUT2D eigenvalue weighted by atomic mass is 127. The zero-order chi connectivity index (χ0) is 21.6. The summed E-state index contributed by atoms with van der Waals surface area (Å²) in [6, 6.07) is 10.2. The van der Waals surface area contributed by atoms with Crippen molar-refractivity contribution < 1.29 is 4.74 Å². The molecule has 0 atom stereocenters. The van der Waals surface area contributed by atoms with Crippen molar-refractivity contribution in [3.8, 4) is 0 Å². The zero-order valence-electron chi connectivity index (χ0n) is 18.8. The number of nitrogens with one attached hydrogen (secondary N) is 1. The molecule has 0 unspecified atom stereocenters. The van der Waals surface area contributed by atoms with Gasteiger partial charge in [0.25, 0.3) is 0 Å². The Balaban J connectivity index is 0.00000289. The van der Waals surface area contributed by atoms with Gasteiger partial charge >= 0.3 is 0 Å². The summed E-state index contributed by atoms with van der Waals surface area (Å²) in [6.45, 7) is 9.79. The van der Waals surface area contributed by atoms with Crippen molar-refractivity contribution in [1.29, 1.82) is 0 Å². The first-order valence-corrected chi connectivity index (χ1v) is 11.3. The number of aliphatic imine (C=N–C) groups is 1. The van der Waals surface area contributed by atoms with Crippen LogP contribution in [0.2, 0.25) is 5.02 Å². The van der Waals surface area contributed by atoms with Crippen molar-refractivity contribution in [3.63, 3.8) is 0 Å². The van der Waals surface area contributed by atoms with Crippen LogP contribution in [0.3, 0.4) is 0 Å². The lowest BCUT2D eigenvalue weighted by Gasteiger charge is -2.38. The number of nitrogens with zero attached hydrogens (tertiary/aromatic N) is 5. The molecular formula is C23H32ClIN6O. The molecule has 1 N–H and O–H groups in total. The largest absolute Gasteiger partial charge is 0.378 e. The van der Waals surface area contributed by atoms with Crippen LogP contribution in [0, 0.1) is 6.92 Å². The fraction of sp³-hybridized carbons (Fsp3) is 0.478. The number of anilines is 2. The Morgan fingerprint density at radius 3 is 2.56 bits per heavy atom. The second kappa shape index (κ2) is 11.9. The number of rotatable bonds is 4. The number of morpholine rings is 1. The predicted molar refractivity (Wildman–Crippen MR) is 143 cm³/mol. The van der Waals surface area contributed by atoms with Crippen LogP contribution in [0.25, 0.3) is 0 Å². The first kappa shape index (κ1) is 24.9. The molecular weight excluding hydrogens is 539 g/mol. The van der Waals surface area contributed by atoms with Gasteiger partial charge in [0.15, 0.2) is 5.96 Å². The van der Waals surface area contributed by atoms with Crippen LogP contribution >= 0.6 is 35.6 Å². The summed E-state index contributed by atoms with van der Waals surface area (Å²) in [5.41, 5.74) is 3.66. The SMILES string of the molecule is CN=C(NCc1cccnc1N1CCOCC1)N1CCN(c2cc(Cl)ccc2C)CC1.I. The van der Waals surface area contributed by atoms with Crippen molar-refractivity contribution in [2.75, 3.05) is 69.3 Å². The van der Waals surface area contributed by atoms with Crippen LogP contribution in [0.1, 0.15) is 11.1 Å². The van der Waals surface area contributed by atoms with Gasteiger partial charge in [-0.1, -0.05) is 23.7 Å². The van der Waals surface area contributed by atoms with Gasteiger partial charge in [0.2, 0.25) is 0 Å². The summed E-state index contributed by atoms with van der Waals surface area (Å²) in [6.07, 6.45) is 1.86. The van der Waals surface area contributed by atoms with E-state index in [1.54, 1.807) is 0 Å². The average Bonchev–Trinajstić information content (AvgIpc) is 2.82. The fourth-order valence-corrected chi connectivity index (χ4v) is 4.38. The summed E-state index contributed by atoms with van der Waals surface area (Å²) in [5.74, 6) is 1.97. The first-order valence-electron chi connectivity index (χ1n) is 10.9. The quantitative estimate of drug-likeness (QED) is 0.346. The first-order chi connectivity index (χ1) is 15.2. The third-order valence-electron chi connectivity index (χ3n) is 5.92. The fourth-order valence-electron chi connectivity index (χ4n) is 4.22. The lowest BCUT2D eigenvalue weighted by molar-refractivity contribution is 0.122. The number of hydrogen-bond acceptors (Lipinski definition) is 5. The van der Waals surface area contributed by atoms with Gasteiger partial charge in [-0.05, 0) is 30.7 Å². The van der Waals surface area contributed by atoms with E-state index in [1.807, 2.05) is 25.4 Å². The molecule has 2 aliphatic rings. The van der Waals surface area contributed by atoms with Gasteiger partial charge in [-0.15, -0.1) is 24.0 Å². The lowest BCUT2D eigenvalue weighted by atomic mass is 10.1. The van der Waals surface area contributed by atoms with Crippen LogP contribution in [0.5, 0.6) is 0 Å². The van der Waals surface area contributed by atoms with Gasteiger partial charge in [-0.25, -0.2) is 4.98 Å². The van der Waals surface area contributed by atoms with Crippen molar-refractivity contribution in [3.05, 3.63) is 52.7 Å². The predicted octanol–water partition coefficient (Wildman–Crippen LogP) is 3.40. The van der Waals surface area contributed by atoms with Gasteiger partial charge in [0, 0.05) is 75.3 Å². The van der Waals surface area contributed by atoms with Gasteiger partial charge in [-0.3, -0.25) is 4.99 Å². The zero-order valence-corrected chi connectivity index (χ0v) is 21.8. The summed E-state index contributed by atoms with van der Waals surface area (Å²) < 4.78 is 5.49. The summed E-state index contributed by atoms with van der Waals surface area (Å²) in [7, 11) is 1.85. The highest BCUT2D eigenvalue weighted by Gasteiger charge is 2.22. The Bertz CT molecular complexity index is 913. The molecule has 2 aliphatic heterocycles. The molecule has 0 amide bonds. The van der Waals surface area contributed by atoms with Crippen LogP contribution in [-0.2, 0) is 11.3 Å².